The maximum atomic E-state index is 14.2. The van der Waals surface area contributed by atoms with Crippen LogP contribution in [0.1, 0.15) is 63.4 Å². The molecule has 2 atom stereocenters. The predicted molar refractivity (Wildman–Crippen MR) is 147 cm³/mol. The van der Waals surface area contributed by atoms with E-state index >= 15 is 0 Å². The van der Waals surface area contributed by atoms with E-state index in [1.807, 2.05) is 23.1 Å². The molecular formula is C29H40N6O3. The highest BCUT2D eigenvalue weighted by molar-refractivity contribution is 5.92. The molecule has 3 amide bonds. The molecular weight excluding hydrogens is 480 g/mol. The summed E-state index contributed by atoms with van der Waals surface area (Å²) < 4.78 is 0. The van der Waals surface area contributed by atoms with E-state index in [1.165, 1.54) is 19.3 Å². The zero-order chi connectivity index (χ0) is 26.6. The molecule has 2 aliphatic heterocycles. The normalized spacial score (nSPS) is 21.0. The topological polar surface area (TPSA) is 126 Å². The van der Waals surface area contributed by atoms with Crippen molar-refractivity contribution in [3.8, 4) is 0 Å². The molecule has 0 spiro atoms. The Hall–Kier alpha value is -3.20. The Kier molecular flexibility index (Phi) is 8.12. The van der Waals surface area contributed by atoms with Gasteiger partial charge in [-0.15, -0.1) is 0 Å². The number of nitrogens with zero attached hydrogens (tertiary/aromatic N) is 4. The molecule has 3 fully saturated rings. The summed E-state index contributed by atoms with van der Waals surface area (Å²) in [5.74, 6) is 0.450. The summed E-state index contributed by atoms with van der Waals surface area (Å²) in [6.45, 7) is 2.70. The summed E-state index contributed by atoms with van der Waals surface area (Å²) in [7, 11) is 0. The van der Waals surface area contributed by atoms with Gasteiger partial charge in [-0.3, -0.25) is 19.3 Å². The first-order valence-electron chi connectivity index (χ1n) is 14.2. The van der Waals surface area contributed by atoms with Crippen molar-refractivity contribution in [1.82, 2.24) is 19.7 Å². The lowest BCUT2D eigenvalue weighted by Gasteiger charge is -2.39. The standard InChI is InChI=1S/C29H40N6O3/c30-27-23-10-9-21(16-22(23)11-12-32-27)18-34(19-26(36)33-13-5-14-33)25(17-20-6-2-1-3-7-20)29(38)35-15-4-8-24(35)28(31)37/h9-12,16,20,24-25H,1-8,13-15,17-19H2,(H2,30,32)(H2,31,37)/t24-,25+/m0/s1. The van der Waals surface area contributed by atoms with E-state index in [-0.39, 0.29) is 18.4 Å². The molecule has 1 aromatic heterocycles. The van der Waals surface area contributed by atoms with Crippen molar-refractivity contribution in [3.63, 3.8) is 0 Å². The molecule has 0 radical (unpaired) electrons. The number of nitrogens with two attached hydrogens (primary N) is 2. The molecule has 5 rings (SSSR count). The Morgan fingerprint density at radius 2 is 1.79 bits per heavy atom. The zero-order valence-corrected chi connectivity index (χ0v) is 22.2. The van der Waals surface area contributed by atoms with Crippen LogP contribution in [0, 0.1) is 5.92 Å². The third-order valence-electron chi connectivity index (χ3n) is 8.66. The average Bonchev–Trinajstić information content (AvgIpc) is 3.37. The van der Waals surface area contributed by atoms with Crippen molar-refractivity contribution in [3.05, 3.63) is 36.0 Å². The van der Waals surface area contributed by atoms with Gasteiger partial charge in [0.05, 0.1) is 12.6 Å². The predicted octanol–water partition coefficient (Wildman–Crippen LogP) is 2.67. The highest BCUT2D eigenvalue weighted by Crippen LogP contribution is 2.32. The number of nitrogen functional groups attached to an aromatic ring is 1. The number of likely N-dealkylation sites (tertiary alicyclic amines) is 2. The van der Waals surface area contributed by atoms with E-state index in [0.717, 1.165) is 55.1 Å². The second-order valence-corrected chi connectivity index (χ2v) is 11.2. The van der Waals surface area contributed by atoms with Gasteiger partial charge in [0.1, 0.15) is 11.9 Å². The van der Waals surface area contributed by atoms with E-state index in [1.54, 1.807) is 11.1 Å². The van der Waals surface area contributed by atoms with E-state index < -0.39 is 18.0 Å². The van der Waals surface area contributed by atoms with Crippen LogP contribution >= 0.6 is 0 Å². The molecule has 0 bridgehead atoms. The summed E-state index contributed by atoms with van der Waals surface area (Å²) in [4.78, 5) is 49.4. The van der Waals surface area contributed by atoms with Gasteiger partial charge in [0, 0.05) is 37.8 Å². The first-order chi connectivity index (χ1) is 18.4. The quantitative estimate of drug-likeness (QED) is 0.524. The first kappa shape index (κ1) is 26.4. The Balaban J connectivity index is 1.47. The second kappa shape index (κ2) is 11.7. The Morgan fingerprint density at radius 3 is 2.50 bits per heavy atom. The smallest absolute Gasteiger partial charge is 0.240 e. The second-order valence-electron chi connectivity index (χ2n) is 11.2. The van der Waals surface area contributed by atoms with E-state index in [9.17, 15) is 14.4 Å². The third kappa shape index (κ3) is 5.77. The van der Waals surface area contributed by atoms with Gasteiger partial charge in [0.15, 0.2) is 0 Å². The molecule has 4 N–H and O–H groups in total. The van der Waals surface area contributed by atoms with E-state index in [2.05, 4.69) is 16.0 Å². The van der Waals surface area contributed by atoms with Crippen molar-refractivity contribution in [2.24, 2.45) is 11.7 Å². The number of anilines is 1. The highest BCUT2D eigenvalue weighted by Gasteiger charge is 2.40. The van der Waals surface area contributed by atoms with Crippen LogP contribution in [0.2, 0.25) is 0 Å². The first-order valence-corrected chi connectivity index (χ1v) is 14.2. The number of hydrogen-bond donors (Lipinski definition) is 2. The molecule has 9 heteroatoms. The molecule has 9 nitrogen and oxygen atoms in total. The van der Waals surface area contributed by atoms with Gasteiger partial charge < -0.3 is 21.3 Å². The lowest BCUT2D eigenvalue weighted by atomic mass is 9.84. The SMILES string of the molecule is NC(=O)[C@@H]1CCCN1C(=O)[C@@H](CC1CCCCC1)N(CC(=O)N1CCC1)Cc1ccc2c(N)nccc2c1. The number of benzene rings is 1. The van der Waals surface area contributed by atoms with Crippen LogP contribution in [0.5, 0.6) is 0 Å². The molecule has 2 aromatic rings. The number of amides is 3. The van der Waals surface area contributed by atoms with Gasteiger partial charge >= 0.3 is 0 Å². The summed E-state index contributed by atoms with van der Waals surface area (Å²) in [6, 6.07) is 6.91. The minimum atomic E-state index is -0.569. The van der Waals surface area contributed by atoms with Crippen molar-refractivity contribution in [2.75, 3.05) is 31.9 Å². The van der Waals surface area contributed by atoms with Crippen LogP contribution in [0.25, 0.3) is 10.8 Å². The number of rotatable bonds is 9. The number of pyridine rings is 1. The average molecular weight is 521 g/mol. The Labute approximate surface area is 224 Å². The van der Waals surface area contributed by atoms with Crippen molar-refractivity contribution in [2.45, 2.75) is 76.4 Å². The van der Waals surface area contributed by atoms with Gasteiger partial charge in [-0.2, -0.15) is 0 Å². The minimum absolute atomic E-state index is 0.0554. The van der Waals surface area contributed by atoms with Gasteiger partial charge in [-0.25, -0.2) is 4.98 Å². The minimum Gasteiger partial charge on any atom is -0.383 e. The molecule has 0 unspecified atom stereocenters. The van der Waals surface area contributed by atoms with Gasteiger partial charge in [-0.05, 0) is 54.7 Å². The molecule has 1 aromatic carbocycles. The number of fused-ring (bicyclic) bond motifs is 1. The molecule has 1 saturated carbocycles. The molecule has 3 aliphatic rings. The summed E-state index contributed by atoms with van der Waals surface area (Å²) in [6.07, 6.45) is 10.5. The van der Waals surface area contributed by atoms with Crippen LogP contribution in [-0.4, -0.2) is 75.7 Å². The molecule has 38 heavy (non-hydrogen) atoms. The number of carbonyl (C=O) groups is 3. The summed E-state index contributed by atoms with van der Waals surface area (Å²) >= 11 is 0. The number of carbonyl (C=O) groups excluding carboxylic acids is 3. The number of primary amides is 1. The Morgan fingerprint density at radius 1 is 1.00 bits per heavy atom. The maximum absolute atomic E-state index is 14.2. The van der Waals surface area contributed by atoms with E-state index in [4.69, 9.17) is 11.5 Å². The van der Waals surface area contributed by atoms with Gasteiger partial charge in [-0.1, -0.05) is 44.2 Å². The van der Waals surface area contributed by atoms with Crippen LogP contribution in [0.3, 0.4) is 0 Å². The highest BCUT2D eigenvalue weighted by atomic mass is 16.2. The lowest BCUT2D eigenvalue weighted by Crippen LogP contribution is -2.56. The molecule has 204 valence electrons. The largest absolute Gasteiger partial charge is 0.383 e. The summed E-state index contributed by atoms with van der Waals surface area (Å²) in [5, 5.41) is 1.86. The van der Waals surface area contributed by atoms with Crippen LogP contribution in [-0.2, 0) is 20.9 Å². The number of aromatic nitrogens is 1. The number of hydrogen-bond acceptors (Lipinski definition) is 6. The van der Waals surface area contributed by atoms with Crippen molar-refractivity contribution in [1.29, 1.82) is 0 Å². The lowest BCUT2D eigenvalue weighted by molar-refractivity contribution is -0.145. The van der Waals surface area contributed by atoms with Gasteiger partial charge in [0.2, 0.25) is 17.7 Å². The fourth-order valence-electron chi connectivity index (χ4n) is 6.36. The molecule has 3 heterocycles. The van der Waals surface area contributed by atoms with Crippen LogP contribution < -0.4 is 11.5 Å². The maximum Gasteiger partial charge on any atom is 0.240 e. The van der Waals surface area contributed by atoms with Gasteiger partial charge in [0.25, 0.3) is 0 Å². The zero-order valence-electron chi connectivity index (χ0n) is 22.2. The van der Waals surface area contributed by atoms with Crippen LogP contribution in [0.4, 0.5) is 5.82 Å². The fourth-order valence-corrected chi connectivity index (χ4v) is 6.36. The summed E-state index contributed by atoms with van der Waals surface area (Å²) in [5.41, 5.74) is 12.8. The van der Waals surface area contributed by atoms with Crippen molar-refractivity contribution < 1.29 is 14.4 Å². The van der Waals surface area contributed by atoms with E-state index in [0.29, 0.717) is 37.7 Å². The molecule has 1 aliphatic carbocycles. The Bertz CT molecular complexity index is 1180. The molecule has 2 saturated heterocycles. The third-order valence-corrected chi connectivity index (χ3v) is 8.66. The van der Waals surface area contributed by atoms with Crippen LogP contribution in [0.15, 0.2) is 30.5 Å². The fraction of sp³-hybridized carbons (Fsp3) is 0.586. The van der Waals surface area contributed by atoms with Crippen molar-refractivity contribution >= 4 is 34.3 Å². The monoisotopic (exact) mass is 520 g/mol.